The lowest BCUT2D eigenvalue weighted by atomic mass is 10.1. The molecule has 2 rings (SSSR count). The van der Waals surface area contributed by atoms with Crippen molar-refractivity contribution in [2.24, 2.45) is 0 Å². The van der Waals surface area contributed by atoms with E-state index >= 15 is 0 Å². The number of H-pyrrole nitrogens is 1. The van der Waals surface area contributed by atoms with Crippen molar-refractivity contribution in [3.63, 3.8) is 0 Å². The minimum absolute atomic E-state index is 0.758. The third kappa shape index (κ3) is 3.81. The maximum Gasteiger partial charge on any atom is 0.183 e. The van der Waals surface area contributed by atoms with Gasteiger partial charge in [0, 0.05) is 17.8 Å². The highest BCUT2D eigenvalue weighted by Gasteiger charge is 2.08. The normalized spacial score (nSPS) is 10.6. The molecule has 0 unspecified atom stereocenters. The molecule has 1 aromatic carbocycles. The Hall–Kier alpha value is -1.84. The zero-order valence-electron chi connectivity index (χ0n) is 11.7. The zero-order valence-corrected chi connectivity index (χ0v) is 11.7. The average Bonchev–Trinajstić information content (AvgIpc) is 2.85. The molecule has 0 aliphatic carbocycles. The molecule has 102 valence electrons. The van der Waals surface area contributed by atoms with Gasteiger partial charge in [-0.1, -0.05) is 38.3 Å². The van der Waals surface area contributed by atoms with E-state index in [2.05, 4.69) is 39.6 Å². The number of unbranched alkanes of at least 4 members (excludes halogenated alkanes) is 3. The minimum Gasteiger partial charge on any atom is -0.384 e. The van der Waals surface area contributed by atoms with Crippen LogP contribution in [0.5, 0.6) is 0 Å². The highest BCUT2D eigenvalue weighted by molar-refractivity contribution is 5.73. The third-order valence-electron chi connectivity index (χ3n) is 3.11. The average molecular weight is 258 g/mol. The van der Waals surface area contributed by atoms with Crippen LogP contribution in [0.3, 0.4) is 0 Å². The first-order valence-electron chi connectivity index (χ1n) is 7.03. The summed E-state index contributed by atoms with van der Waals surface area (Å²) in [7, 11) is 0. The first-order chi connectivity index (χ1) is 9.31. The van der Waals surface area contributed by atoms with E-state index in [-0.39, 0.29) is 0 Å². The summed E-state index contributed by atoms with van der Waals surface area (Å²) in [6.07, 6.45) is 5.07. The molecular formula is C15H22N4. The van der Waals surface area contributed by atoms with Gasteiger partial charge in [0.2, 0.25) is 0 Å². The third-order valence-corrected chi connectivity index (χ3v) is 3.11. The van der Waals surface area contributed by atoms with Gasteiger partial charge in [-0.3, -0.25) is 5.10 Å². The molecule has 0 bridgehead atoms. The molecule has 0 atom stereocenters. The van der Waals surface area contributed by atoms with Gasteiger partial charge < -0.3 is 5.32 Å². The van der Waals surface area contributed by atoms with Crippen LogP contribution in [0.1, 0.15) is 38.4 Å². The van der Waals surface area contributed by atoms with Crippen molar-refractivity contribution in [2.75, 3.05) is 11.9 Å². The minimum atomic E-state index is 0.758. The molecule has 19 heavy (non-hydrogen) atoms. The Morgan fingerprint density at radius 2 is 2.00 bits per heavy atom. The van der Waals surface area contributed by atoms with Gasteiger partial charge in [0.05, 0.1) is 0 Å². The van der Waals surface area contributed by atoms with E-state index in [1.807, 2.05) is 19.1 Å². The molecule has 1 aromatic heterocycles. The highest BCUT2D eigenvalue weighted by atomic mass is 15.2. The van der Waals surface area contributed by atoms with Crippen LogP contribution in [0.25, 0.3) is 11.4 Å². The van der Waals surface area contributed by atoms with Crippen molar-refractivity contribution in [1.29, 1.82) is 0 Å². The van der Waals surface area contributed by atoms with Gasteiger partial charge in [0.15, 0.2) is 5.82 Å². The topological polar surface area (TPSA) is 53.6 Å². The largest absolute Gasteiger partial charge is 0.384 e. The molecule has 2 N–H and O–H groups in total. The molecule has 1 heterocycles. The van der Waals surface area contributed by atoms with E-state index in [0.717, 1.165) is 29.4 Å². The Labute approximate surface area is 114 Å². The van der Waals surface area contributed by atoms with Gasteiger partial charge in [-0.05, 0) is 25.5 Å². The highest BCUT2D eigenvalue weighted by Crippen LogP contribution is 2.24. The molecule has 0 radical (unpaired) electrons. The number of nitrogens with one attached hydrogen (secondary N) is 2. The van der Waals surface area contributed by atoms with Gasteiger partial charge >= 0.3 is 0 Å². The van der Waals surface area contributed by atoms with Crippen LogP contribution >= 0.6 is 0 Å². The number of nitrogens with zero attached hydrogens (tertiary/aromatic N) is 2. The van der Waals surface area contributed by atoms with Crippen LogP contribution < -0.4 is 5.32 Å². The Balaban J connectivity index is 2.00. The predicted molar refractivity (Wildman–Crippen MR) is 79.2 cm³/mol. The van der Waals surface area contributed by atoms with Crippen LogP contribution in [0, 0.1) is 6.92 Å². The van der Waals surface area contributed by atoms with E-state index in [4.69, 9.17) is 0 Å². The summed E-state index contributed by atoms with van der Waals surface area (Å²) in [4.78, 5) is 4.39. The molecule has 4 nitrogen and oxygen atoms in total. The quantitative estimate of drug-likeness (QED) is 0.743. The van der Waals surface area contributed by atoms with E-state index in [1.54, 1.807) is 0 Å². The second-order valence-electron chi connectivity index (χ2n) is 4.78. The smallest absolute Gasteiger partial charge is 0.183 e. The summed E-state index contributed by atoms with van der Waals surface area (Å²) in [5.41, 5.74) is 2.17. The fraction of sp³-hybridized carbons (Fsp3) is 0.467. The van der Waals surface area contributed by atoms with E-state index < -0.39 is 0 Å². The van der Waals surface area contributed by atoms with Crippen molar-refractivity contribution in [1.82, 2.24) is 15.2 Å². The SMILES string of the molecule is CCCCCCNc1ccccc1-c1n[nH]c(C)n1. The van der Waals surface area contributed by atoms with Gasteiger partial charge in [-0.25, -0.2) is 4.98 Å². The second-order valence-corrected chi connectivity index (χ2v) is 4.78. The standard InChI is InChI=1S/C15H22N4/c1-3-4-5-8-11-16-14-10-7-6-9-13(14)15-17-12(2)18-19-15/h6-7,9-10,16H,3-5,8,11H2,1-2H3,(H,17,18,19). The van der Waals surface area contributed by atoms with E-state index in [9.17, 15) is 0 Å². The summed E-state index contributed by atoms with van der Waals surface area (Å²) in [5, 5.41) is 10.6. The predicted octanol–water partition coefficient (Wildman–Crippen LogP) is 3.77. The number of aromatic amines is 1. The fourth-order valence-electron chi connectivity index (χ4n) is 2.07. The van der Waals surface area contributed by atoms with Crippen molar-refractivity contribution >= 4 is 5.69 Å². The molecular weight excluding hydrogens is 236 g/mol. The van der Waals surface area contributed by atoms with Gasteiger partial charge in [-0.2, -0.15) is 5.10 Å². The van der Waals surface area contributed by atoms with Crippen molar-refractivity contribution in [3.8, 4) is 11.4 Å². The fourth-order valence-corrected chi connectivity index (χ4v) is 2.07. The molecule has 0 saturated carbocycles. The summed E-state index contributed by atoms with van der Waals surface area (Å²) in [6.45, 7) is 5.14. The summed E-state index contributed by atoms with van der Waals surface area (Å²) < 4.78 is 0. The molecule has 0 aliphatic heterocycles. The van der Waals surface area contributed by atoms with Crippen LogP contribution in [0.2, 0.25) is 0 Å². The van der Waals surface area contributed by atoms with Gasteiger partial charge in [0.25, 0.3) is 0 Å². The second kappa shape index (κ2) is 6.92. The lowest BCUT2D eigenvalue weighted by Crippen LogP contribution is -2.03. The lowest BCUT2D eigenvalue weighted by Gasteiger charge is -2.09. The van der Waals surface area contributed by atoms with Crippen LogP contribution in [-0.2, 0) is 0 Å². The first-order valence-corrected chi connectivity index (χ1v) is 7.03. The van der Waals surface area contributed by atoms with Crippen LogP contribution in [0.4, 0.5) is 5.69 Å². The molecule has 0 fully saturated rings. The van der Waals surface area contributed by atoms with Crippen molar-refractivity contribution in [2.45, 2.75) is 39.5 Å². The summed E-state index contributed by atoms with van der Waals surface area (Å²) in [6, 6.07) is 8.19. The van der Waals surface area contributed by atoms with E-state index in [0.29, 0.717) is 0 Å². The number of rotatable bonds is 7. The van der Waals surface area contributed by atoms with Crippen molar-refractivity contribution in [3.05, 3.63) is 30.1 Å². The van der Waals surface area contributed by atoms with Crippen LogP contribution in [0.15, 0.2) is 24.3 Å². The summed E-state index contributed by atoms with van der Waals surface area (Å²) in [5.74, 6) is 1.60. The molecule has 0 aliphatic rings. The number of hydrogen-bond acceptors (Lipinski definition) is 3. The Morgan fingerprint density at radius 1 is 1.16 bits per heavy atom. The maximum absolute atomic E-state index is 4.39. The molecule has 2 aromatic rings. The zero-order chi connectivity index (χ0) is 13.5. The van der Waals surface area contributed by atoms with E-state index in [1.165, 1.54) is 25.7 Å². The number of aryl methyl sites for hydroxylation is 1. The Bertz CT molecular complexity index is 504. The molecule has 0 spiro atoms. The van der Waals surface area contributed by atoms with Gasteiger partial charge in [-0.15, -0.1) is 0 Å². The van der Waals surface area contributed by atoms with Crippen molar-refractivity contribution < 1.29 is 0 Å². The monoisotopic (exact) mass is 258 g/mol. The molecule has 4 heteroatoms. The first kappa shape index (κ1) is 13.6. The molecule has 0 saturated heterocycles. The Morgan fingerprint density at radius 3 is 2.74 bits per heavy atom. The number of anilines is 1. The number of para-hydroxylation sites is 1. The van der Waals surface area contributed by atoms with Gasteiger partial charge in [0.1, 0.15) is 5.82 Å². The Kier molecular flexibility index (Phi) is 4.95. The number of hydrogen-bond donors (Lipinski definition) is 2. The molecule has 0 amide bonds. The van der Waals surface area contributed by atoms with Crippen LogP contribution in [-0.4, -0.2) is 21.7 Å². The number of benzene rings is 1. The number of aromatic nitrogens is 3. The maximum atomic E-state index is 4.39. The summed E-state index contributed by atoms with van der Waals surface area (Å²) >= 11 is 0. The lowest BCUT2D eigenvalue weighted by molar-refractivity contribution is 0.685.